The second-order valence-corrected chi connectivity index (χ2v) is 5.43. The normalized spacial score (nSPS) is 12.8. The molecule has 1 aromatic carbocycles. The zero-order chi connectivity index (χ0) is 12.6. The van der Waals surface area contributed by atoms with Crippen LogP contribution >= 0.6 is 22.9 Å². The molecule has 2 rings (SSSR count). The first-order valence-corrected chi connectivity index (χ1v) is 6.51. The lowest BCUT2D eigenvalue weighted by atomic mass is 10.0. The lowest BCUT2D eigenvalue weighted by Gasteiger charge is -2.12. The van der Waals surface area contributed by atoms with Gasteiger partial charge in [0.25, 0.3) is 0 Å². The van der Waals surface area contributed by atoms with Gasteiger partial charge in [-0.05, 0) is 48.1 Å². The van der Waals surface area contributed by atoms with Crippen molar-refractivity contribution in [3.63, 3.8) is 0 Å². The molecule has 4 heteroatoms. The third-order valence-electron chi connectivity index (χ3n) is 2.63. The molecule has 1 heterocycles. The summed E-state index contributed by atoms with van der Waals surface area (Å²) in [5.74, 6) is -0.264. The lowest BCUT2D eigenvalue weighted by Crippen LogP contribution is -2.11. The van der Waals surface area contributed by atoms with Crippen molar-refractivity contribution < 1.29 is 4.39 Å². The summed E-state index contributed by atoms with van der Waals surface area (Å²) in [5.41, 5.74) is 8.75. The first-order valence-electron chi connectivity index (χ1n) is 5.25. The molecule has 90 valence electrons. The Hall–Kier alpha value is -0.900. The average molecular weight is 270 g/mol. The van der Waals surface area contributed by atoms with E-state index in [0.717, 1.165) is 21.6 Å². The number of rotatable bonds is 2. The van der Waals surface area contributed by atoms with E-state index >= 15 is 0 Å². The molecule has 0 radical (unpaired) electrons. The van der Waals surface area contributed by atoms with Crippen LogP contribution in [-0.2, 0) is 0 Å². The van der Waals surface area contributed by atoms with Gasteiger partial charge in [-0.1, -0.05) is 17.7 Å². The summed E-state index contributed by atoms with van der Waals surface area (Å²) < 4.78 is 13.3. The van der Waals surface area contributed by atoms with Crippen LogP contribution in [0.25, 0.3) is 0 Å². The van der Waals surface area contributed by atoms with Crippen molar-refractivity contribution in [1.29, 1.82) is 0 Å². The van der Waals surface area contributed by atoms with Crippen molar-refractivity contribution in [1.82, 2.24) is 0 Å². The van der Waals surface area contributed by atoms with Gasteiger partial charge >= 0.3 is 0 Å². The van der Waals surface area contributed by atoms with Crippen LogP contribution < -0.4 is 5.73 Å². The van der Waals surface area contributed by atoms with Crippen molar-refractivity contribution >= 4 is 22.9 Å². The molecule has 1 unspecified atom stereocenters. The fourth-order valence-electron chi connectivity index (χ4n) is 1.76. The molecule has 0 aliphatic carbocycles. The SMILES string of the molecule is Cc1cc(F)cc(C(N)c2scc(C)c2Cl)c1. The van der Waals surface area contributed by atoms with Gasteiger partial charge in [0, 0.05) is 4.88 Å². The number of nitrogens with two attached hydrogens (primary N) is 1. The zero-order valence-electron chi connectivity index (χ0n) is 9.63. The standard InChI is InChI=1S/C13H13ClFNS/c1-7-3-9(5-10(15)4-7)12(16)13-11(14)8(2)6-17-13/h3-6,12H,16H2,1-2H3. The summed E-state index contributed by atoms with van der Waals surface area (Å²) in [6.07, 6.45) is 0. The summed E-state index contributed by atoms with van der Waals surface area (Å²) in [7, 11) is 0. The van der Waals surface area contributed by atoms with Gasteiger partial charge < -0.3 is 5.73 Å². The van der Waals surface area contributed by atoms with E-state index in [1.54, 1.807) is 0 Å². The fourth-order valence-corrected chi connectivity index (χ4v) is 3.09. The maximum atomic E-state index is 13.3. The molecule has 1 atom stereocenters. The molecule has 0 amide bonds. The predicted octanol–water partition coefficient (Wildman–Crippen LogP) is 4.21. The van der Waals surface area contributed by atoms with Gasteiger partial charge in [0.2, 0.25) is 0 Å². The second-order valence-electron chi connectivity index (χ2n) is 4.14. The molecular formula is C13H13ClFNS. The van der Waals surface area contributed by atoms with Gasteiger partial charge in [-0.2, -0.15) is 0 Å². The molecule has 17 heavy (non-hydrogen) atoms. The highest BCUT2D eigenvalue weighted by molar-refractivity contribution is 7.10. The van der Waals surface area contributed by atoms with Crippen LogP contribution in [0, 0.1) is 19.7 Å². The molecule has 0 spiro atoms. The number of halogens is 2. The van der Waals surface area contributed by atoms with Crippen LogP contribution in [0.4, 0.5) is 4.39 Å². The van der Waals surface area contributed by atoms with E-state index < -0.39 is 0 Å². The third-order valence-corrected chi connectivity index (χ3v) is 4.43. The Morgan fingerprint density at radius 3 is 2.53 bits per heavy atom. The van der Waals surface area contributed by atoms with Crippen molar-refractivity contribution in [2.45, 2.75) is 19.9 Å². The number of aryl methyl sites for hydroxylation is 2. The minimum Gasteiger partial charge on any atom is -0.320 e. The van der Waals surface area contributed by atoms with Crippen molar-refractivity contribution in [3.8, 4) is 0 Å². The number of thiophene rings is 1. The minimum atomic E-state index is -0.365. The van der Waals surface area contributed by atoms with E-state index in [0.29, 0.717) is 5.02 Å². The number of hydrogen-bond donors (Lipinski definition) is 1. The molecule has 1 nitrogen and oxygen atoms in total. The van der Waals surface area contributed by atoms with Crippen LogP contribution in [0.1, 0.15) is 27.6 Å². The van der Waals surface area contributed by atoms with Gasteiger partial charge in [0.05, 0.1) is 11.1 Å². The average Bonchev–Trinajstić information content (AvgIpc) is 2.57. The molecule has 1 aromatic heterocycles. The molecule has 0 saturated heterocycles. The Morgan fingerprint density at radius 2 is 2.00 bits per heavy atom. The highest BCUT2D eigenvalue weighted by Gasteiger charge is 2.16. The molecule has 0 aliphatic heterocycles. The minimum absolute atomic E-state index is 0.264. The number of hydrogen-bond acceptors (Lipinski definition) is 2. The summed E-state index contributed by atoms with van der Waals surface area (Å²) in [6.45, 7) is 3.78. The molecule has 0 bridgehead atoms. The monoisotopic (exact) mass is 269 g/mol. The predicted molar refractivity (Wildman–Crippen MR) is 71.2 cm³/mol. The fraction of sp³-hybridized carbons (Fsp3) is 0.231. The van der Waals surface area contributed by atoms with Crippen LogP contribution in [0.5, 0.6) is 0 Å². The zero-order valence-corrected chi connectivity index (χ0v) is 11.2. The van der Waals surface area contributed by atoms with E-state index in [1.807, 2.05) is 25.3 Å². The van der Waals surface area contributed by atoms with E-state index in [-0.39, 0.29) is 11.9 Å². The Morgan fingerprint density at radius 1 is 1.29 bits per heavy atom. The maximum Gasteiger partial charge on any atom is 0.123 e. The molecular weight excluding hydrogens is 257 g/mol. The van der Waals surface area contributed by atoms with Crippen molar-refractivity contribution in [3.05, 3.63) is 56.0 Å². The van der Waals surface area contributed by atoms with E-state index in [9.17, 15) is 4.39 Å². The van der Waals surface area contributed by atoms with Crippen molar-refractivity contribution in [2.75, 3.05) is 0 Å². The van der Waals surface area contributed by atoms with Gasteiger partial charge in [-0.15, -0.1) is 11.3 Å². The summed E-state index contributed by atoms with van der Waals surface area (Å²) in [4.78, 5) is 0.883. The second kappa shape index (κ2) is 4.77. The number of benzene rings is 1. The topological polar surface area (TPSA) is 26.0 Å². The highest BCUT2D eigenvalue weighted by Crippen LogP contribution is 2.34. The molecule has 2 aromatic rings. The molecule has 0 saturated carbocycles. The van der Waals surface area contributed by atoms with E-state index in [4.69, 9.17) is 17.3 Å². The lowest BCUT2D eigenvalue weighted by molar-refractivity contribution is 0.622. The summed E-state index contributed by atoms with van der Waals surface area (Å²) >= 11 is 7.68. The Bertz CT molecular complexity index is 530. The third kappa shape index (κ3) is 2.51. The Balaban J connectivity index is 2.43. The quantitative estimate of drug-likeness (QED) is 0.869. The van der Waals surface area contributed by atoms with Gasteiger partial charge in [-0.25, -0.2) is 4.39 Å². The smallest absolute Gasteiger partial charge is 0.123 e. The van der Waals surface area contributed by atoms with Gasteiger partial charge in [0.1, 0.15) is 5.82 Å². The van der Waals surface area contributed by atoms with E-state index in [2.05, 4.69) is 0 Å². The Kier molecular flexibility index (Phi) is 3.52. The van der Waals surface area contributed by atoms with Crippen LogP contribution in [0.3, 0.4) is 0 Å². The first kappa shape index (κ1) is 12.6. The Labute approximate surface area is 109 Å². The van der Waals surface area contributed by atoms with Gasteiger partial charge in [0.15, 0.2) is 0 Å². The maximum absolute atomic E-state index is 13.3. The largest absolute Gasteiger partial charge is 0.320 e. The molecule has 0 fully saturated rings. The van der Waals surface area contributed by atoms with Crippen LogP contribution in [0.15, 0.2) is 23.6 Å². The molecule has 0 aliphatic rings. The first-order chi connectivity index (χ1) is 7.99. The van der Waals surface area contributed by atoms with Crippen LogP contribution in [-0.4, -0.2) is 0 Å². The summed E-state index contributed by atoms with van der Waals surface area (Å²) in [6, 6.07) is 4.47. The van der Waals surface area contributed by atoms with Crippen molar-refractivity contribution in [2.24, 2.45) is 5.73 Å². The summed E-state index contributed by atoms with van der Waals surface area (Å²) in [5, 5.41) is 2.65. The van der Waals surface area contributed by atoms with E-state index in [1.165, 1.54) is 23.5 Å². The van der Waals surface area contributed by atoms with Crippen LogP contribution in [0.2, 0.25) is 5.02 Å². The van der Waals surface area contributed by atoms with Gasteiger partial charge in [-0.3, -0.25) is 0 Å². The molecule has 2 N–H and O–H groups in total. The highest BCUT2D eigenvalue weighted by atomic mass is 35.5.